The second-order valence-electron chi connectivity index (χ2n) is 5.62. The van der Waals surface area contributed by atoms with Gasteiger partial charge in [0.05, 0.1) is 25.0 Å². The van der Waals surface area contributed by atoms with Crippen molar-refractivity contribution >= 4 is 11.6 Å². The summed E-state index contributed by atoms with van der Waals surface area (Å²) < 4.78 is 40.1. The molecule has 1 aliphatic rings. The fourth-order valence-corrected chi connectivity index (χ4v) is 2.65. The van der Waals surface area contributed by atoms with Crippen LogP contribution in [0.3, 0.4) is 0 Å². The molecule has 2 heterocycles. The van der Waals surface area contributed by atoms with Gasteiger partial charge in [0.1, 0.15) is 24.0 Å². The van der Waals surface area contributed by atoms with Crippen molar-refractivity contribution in [3.63, 3.8) is 0 Å². The average molecular weight is 353 g/mol. The highest BCUT2D eigenvalue weighted by atomic mass is 19.1. The van der Waals surface area contributed by atoms with Crippen molar-refractivity contribution in [3.8, 4) is 11.1 Å². The molecule has 3 rings (SSSR count). The van der Waals surface area contributed by atoms with Crippen molar-refractivity contribution < 1.29 is 22.8 Å². The van der Waals surface area contributed by atoms with Gasteiger partial charge in [-0.3, -0.25) is 4.79 Å². The average Bonchev–Trinajstić information content (AvgIpc) is 2.94. The monoisotopic (exact) mass is 353 g/mol. The third kappa shape index (κ3) is 3.71. The smallest absolute Gasteiger partial charge is 0.365 e. The number of rotatable bonds is 4. The van der Waals surface area contributed by atoms with E-state index in [9.17, 15) is 18.4 Å². The maximum Gasteiger partial charge on any atom is 0.365 e. The van der Waals surface area contributed by atoms with Crippen LogP contribution < -0.4 is 15.8 Å². The summed E-state index contributed by atoms with van der Waals surface area (Å²) in [6.45, 7) is 2.84. The SMILES string of the molecule is CC(=O)NCn1cc(-c2cc(F)c(N3CCOCC3)c(F)c2)c(=O)o1. The third-order valence-electron chi connectivity index (χ3n) is 3.83. The van der Waals surface area contributed by atoms with Crippen LogP contribution in [0.1, 0.15) is 6.92 Å². The number of hydrogen-bond donors (Lipinski definition) is 1. The lowest BCUT2D eigenvalue weighted by Crippen LogP contribution is -2.37. The number of morpholine rings is 1. The number of anilines is 1. The molecule has 9 heteroatoms. The van der Waals surface area contributed by atoms with Gasteiger partial charge in [0.25, 0.3) is 0 Å². The number of amides is 1. The Bertz CT molecular complexity index is 817. The Morgan fingerprint density at radius 3 is 2.48 bits per heavy atom. The third-order valence-corrected chi connectivity index (χ3v) is 3.83. The number of hydrogen-bond acceptors (Lipinski definition) is 5. The summed E-state index contributed by atoms with van der Waals surface area (Å²) in [7, 11) is 0. The number of nitrogens with one attached hydrogen (secondary N) is 1. The summed E-state index contributed by atoms with van der Waals surface area (Å²) in [6.07, 6.45) is 1.29. The topological polar surface area (TPSA) is 76.7 Å². The lowest BCUT2D eigenvalue weighted by Gasteiger charge is -2.29. The summed E-state index contributed by atoms with van der Waals surface area (Å²) in [4.78, 5) is 24.4. The number of nitrogens with zero attached hydrogens (tertiary/aromatic N) is 2. The summed E-state index contributed by atoms with van der Waals surface area (Å²) >= 11 is 0. The van der Waals surface area contributed by atoms with Crippen molar-refractivity contribution in [2.75, 3.05) is 31.2 Å². The Hall–Kier alpha value is -2.68. The number of carbonyl (C=O) groups excluding carboxylic acids is 1. The molecular weight excluding hydrogens is 336 g/mol. The molecule has 1 saturated heterocycles. The van der Waals surface area contributed by atoms with Crippen molar-refractivity contribution in [1.29, 1.82) is 0 Å². The van der Waals surface area contributed by atoms with E-state index in [1.54, 1.807) is 4.90 Å². The van der Waals surface area contributed by atoms with Crippen LogP contribution in [0.2, 0.25) is 0 Å². The molecule has 0 saturated carbocycles. The van der Waals surface area contributed by atoms with Crippen LogP contribution in [0, 0.1) is 11.6 Å². The van der Waals surface area contributed by atoms with Gasteiger partial charge in [0.2, 0.25) is 5.91 Å². The molecule has 2 aromatic rings. The first-order chi connectivity index (χ1) is 12.0. The van der Waals surface area contributed by atoms with Gasteiger partial charge in [-0.05, 0) is 17.7 Å². The zero-order valence-corrected chi connectivity index (χ0v) is 13.6. The standard InChI is InChI=1S/C16H17F2N3O4/c1-10(22)19-9-21-8-12(16(23)25-21)11-6-13(17)15(14(18)7-11)20-2-4-24-5-3-20/h6-8H,2-5,9H2,1H3,(H,19,22). The predicted octanol–water partition coefficient (Wildman–Crippen LogP) is 1.32. The van der Waals surface area contributed by atoms with Gasteiger partial charge >= 0.3 is 5.63 Å². The number of halogens is 2. The normalized spacial score (nSPS) is 14.6. The van der Waals surface area contributed by atoms with E-state index in [1.807, 2.05) is 0 Å². The van der Waals surface area contributed by atoms with Gasteiger partial charge in [0, 0.05) is 20.0 Å². The molecule has 1 N–H and O–H groups in total. The van der Waals surface area contributed by atoms with Crippen LogP contribution in [0.15, 0.2) is 27.6 Å². The molecule has 25 heavy (non-hydrogen) atoms. The van der Waals surface area contributed by atoms with E-state index >= 15 is 0 Å². The molecule has 1 aromatic carbocycles. The second kappa shape index (κ2) is 7.06. The van der Waals surface area contributed by atoms with Gasteiger partial charge in [0.15, 0.2) is 0 Å². The molecule has 0 radical (unpaired) electrons. The minimum absolute atomic E-state index is 0.0108. The van der Waals surface area contributed by atoms with Crippen LogP contribution >= 0.6 is 0 Å². The second-order valence-corrected chi connectivity index (χ2v) is 5.62. The molecule has 7 nitrogen and oxygen atoms in total. The summed E-state index contributed by atoms with van der Waals surface area (Å²) in [5.74, 6) is -1.82. The molecule has 0 atom stereocenters. The van der Waals surface area contributed by atoms with Crippen molar-refractivity contribution in [2.45, 2.75) is 13.6 Å². The molecule has 1 fully saturated rings. The van der Waals surface area contributed by atoms with Crippen LogP contribution in [-0.4, -0.2) is 37.0 Å². The Morgan fingerprint density at radius 2 is 1.88 bits per heavy atom. The number of aromatic nitrogens is 1. The minimum Gasteiger partial charge on any atom is -0.378 e. The highest BCUT2D eigenvalue weighted by Gasteiger charge is 2.22. The molecule has 0 bridgehead atoms. The van der Waals surface area contributed by atoms with E-state index in [0.717, 1.165) is 16.9 Å². The fourth-order valence-electron chi connectivity index (χ4n) is 2.65. The van der Waals surface area contributed by atoms with Gasteiger partial charge in [-0.25, -0.2) is 13.6 Å². The van der Waals surface area contributed by atoms with Crippen LogP contribution in [-0.2, 0) is 16.2 Å². The molecule has 1 amide bonds. The van der Waals surface area contributed by atoms with Crippen molar-refractivity contribution in [3.05, 3.63) is 40.4 Å². The number of carbonyl (C=O) groups is 1. The molecule has 1 aromatic heterocycles. The Balaban J connectivity index is 1.91. The largest absolute Gasteiger partial charge is 0.378 e. The molecule has 0 aliphatic carbocycles. The summed E-state index contributed by atoms with van der Waals surface area (Å²) in [6, 6.07) is 2.20. The zero-order valence-electron chi connectivity index (χ0n) is 13.6. The van der Waals surface area contributed by atoms with Gasteiger partial charge < -0.3 is 19.5 Å². The first-order valence-electron chi connectivity index (χ1n) is 7.73. The van der Waals surface area contributed by atoms with Crippen molar-refractivity contribution in [1.82, 2.24) is 10.1 Å². The van der Waals surface area contributed by atoms with Crippen molar-refractivity contribution in [2.24, 2.45) is 0 Å². The van der Waals surface area contributed by atoms with E-state index < -0.39 is 17.3 Å². The lowest BCUT2D eigenvalue weighted by atomic mass is 10.1. The van der Waals surface area contributed by atoms with E-state index in [-0.39, 0.29) is 29.4 Å². The minimum atomic E-state index is -0.758. The maximum absolute atomic E-state index is 14.5. The first-order valence-corrected chi connectivity index (χ1v) is 7.73. The molecule has 1 aliphatic heterocycles. The van der Waals surface area contributed by atoms with Crippen LogP contribution in [0.4, 0.5) is 14.5 Å². The van der Waals surface area contributed by atoms with E-state index in [0.29, 0.717) is 26.3 Å². The number of benzene rings is 1. The Kier molecular flexibility index (Phi) is 4.84. The Labute approximate surface area is 141 Å². The molecule has 0 spiro atoms. The number of ether oxygens (including phenoxy) is 1. The molecule has 0 unspecified atom stereocenters. The van der Waals surface area contributed by atoms with Gasteiger partial charge in [-0.2, -0.15) is 4.74 Å². The van der Waals surface area contributed by atoms with E-state index in [1.165, 1.54) is 13.1 Å². The molecule has 134 valence electrons. The predicted molar refractivity (Wildman–Crippen MR) is 85.2 cm³/mol. The first kappa shape index (κ1) is 17.2. The molecular formula is C16H17F2N3O4. The van der Waals surface area contributed by atoms with E-state index in [2.05, 4.69) is 5.32 Å². The zero-order chi connectivity index (χ0) is 18.0. The lowest BCUT2D eigenvalue weighted by molar-refractivity contribution is -0.119. The Morgan fingerprint density at radius 1 is 1.24 bits per heavy atom. The highest BCUT2D eigenvalue weighted by Crippen LogP contribution is 2.29. The van der Waals surface area contributed by atoms with Gasteiger partial charge in [-0.15, -0.1) is 0 Å². The van der Waals surface area contributed by atoms with Crippen LogP contribution in [0.5, 0.6) is 0 Å². The highest BCUT2D eigenvalue weighted by molar-refractivity contribution is 5.72. The quantitative estimate of drug-likeness (QED) is 0.897. The maximum atomic E-state index is 14.5. The summed E-state index contributed by atoms with van der Waals surface area (Å²) in [5.41, 5.74) is -0.795. The van der Waals surface area contributed by atoms with E-state index in [4.69, 9.17) is 9.26 Å². The fraction of sp³-hybridized carbons (Fsp3) is 0.375. The van der Waals surface area contributed by atoms with Gasteiger partial charge in [-0.1, -0.05) is 0 Å². The summed E-state index contributed by atoms with van der Waals surface area (Å²) in [5, 5.41) is 2.45. The van der Waals surface area contributed by atoms with Crippen LogP contribution in [0.25, 0.3) is 11.1 Å².